The maximum Gasteiger partial charge on any atom is 0.360 e. The Morgan fingerprint density at radius 2 is 1.72 bits per heavy atom. The monoisotopic (exact) mass is 335 g/mol. The maximum absolute atomic E-state index is 12.2. The van der Waals surface area contributed by atoms with Gasteiger partial charge in [-0.1, -0.05) is 18.2 Å². The predicted molar refractivity (Wildman–Crippen MR) is 87.2 cm³/mol. The van der Waals surface area contributed by atoms with Crippen molar-refractivity contribution >= 4 is 23.4 Å². The highest BCUT2D eigenvalue weighted by atomic mass is 16.5. The third-order valence-corrected chi connectivity index (χ3v) is 4.11. The topological polar surface area (TPSA) is 81.0 Å². The fourth-order valence-electron chi connectivity index (χ4n) is 2.80. The summed E-state index contributed by atoms with van der Waals surface area (Å²) in [6, 6.07) is 12.0. The van der Waals surface area contributed by atoms with Gasteiger partial charge in [-0.15, -0.1) is 0 Å². The van der Waals surface area contributed by atoms with Crippen LogP contribution in [0.4, 0.5) is 0 Å². The number of benzene rings is 1. The van der Waals surface area contributed by atoms with Gasteiger partial charge < -0.3 is 9.14 Å². The Morgan fingerprint density at radius 3 is 2.36 bits per heavy atom. The van der Waals surface area contributed by atoms with Crippen molar-refractivity contribution in [2.24, 2.45) is 0 Å². The number of nitrogens with zero attached hydrogens (tertiary/aromatic N) is 3. The van der Waals surface area contributed by atoms with E-state index in [2.05, 4.69) is 4.98 Å². The summed E-state index contributed by atoms with van der Waals surface area (Å²) in [6.07, 6.45) is 1.56. The van der Waals surface area contributed by atoms with E-state index in [9.17, 15) is 14.4 Å². The number of imidazole rings is 1. The zero-order valence-electron chi connectivity index (χ0n) is 13.3. The summed E-state index contributed by atoms with van der Waals surface area (Å²) < 4.78 is 6.89. The van der Waals surface area contributed by atoms with Crippen molar-refractivity contribution in [1.82, 2.24) is 14.3 Å². The molecule has 124 valence electrons. The van der Waals surface area contributed by atoms with Crippen LogP contribution in [0.25, 0.3) is 5.65 Å². The Kier molecular flexibility index (Phi) is 3.35. The molecular formula is C18H13N3O4. The Bertz CT molecular complexity index is 1000. The van der Waals surface area contributed by atoms with E-state index in [0.29, 0.717) is 16.8 Å². The average molecular weight is 335 g/mol. The van der Waals surface area contributed by atoms with Crippen LogP contribution < -0.4 is 0 Å². The molecule has 3 heterocycles. The van der Waals surface area contributed by atoms with Gasteiger partial charge in [0.05, 0.1) is 11.1 Å². The van der Waals surface area contributed by atoms with Crippen LogP contribution in [-0.4, -0.2) is 38.8 Å². The summed E-state index contributed by atoms with van der Waals surface area (Å²) in [4.78, 5) is 41.8. The lowest BCUT2D eigenvalue weighted by Gasteiger charge is -2.13. The number of amides is 2. The van der Waals surface area contributed by atoms with Crippen LogP contribution in [0.1, 0.15) is 36.9 Å². The smallest absolute Gasteiger partial charge is 0.360 e. The summed E-state index contributed by atoms with van der Waals surface area (Å²) >= 11 is 0. The van der Waals surface area contributed by atoms with Crippen molar-refractivity contribution in [2.75, 3.05) is 6.73 Å². The van der Waals surface area contributed by atoms with Crippen LogP contribution in [0.15, 0.2) is 48.7 Å². The number of hydrogen-bond acceptors (Lipinski definition) is 5. The van der Waals surface area contributed by atoms with E-state index in [-0.39, 0.29) is 5.69 Å². The van der Waals surface area contributed by atoms with E-state index >= 15 is 0 Å². The fraction of sp³-hybridized carbons (Fsp3) is 0.111. The molecule has 0 atom stereocenters. The third kappa shape index (κ3) is 2.37. The molecule has 1 aliphatic rings. The Morgan fingerprint density at radius 1 is 1.04 bits per heavy atom. The number of rotatable bonds is 3. The molecule has 2 amide bonds. The normalized spacial score (nSPS) is 13.4. The van der Waals surface area contributed by atoms with Crippen LogP contribution >= 0.6 is 0 Å². The summed E-state index contributed by atoms with van der Waals surface area (Å²) in [5.74, 6) is -1.64. The molecule has 1 aliphatic heterocycles. The minimum absolute atomic E-state index is 0.117. The fourth-order valence-corrected chi connectivity index (χ4v) is 2.80. The molecule has 0 unspecified atom stereocenters. The third-order valence-electron chi connectivity index (χ3n) is 4.11. The summed E-state index contributed by atoms with van der Waals surface area (Å²) in [5.41, 5.74) is 2.28. The zero-order chi connectivity index (χ0) is 17.6. The second-order valence-electron chi connectivity index (χ2n) is 5.67. The average Bonchev–Trinajstić information content (AvgIpc) is 3.16. The van der Waals surface area contributed by atoms with E-state index in [1.54, 1.807) is 40.9 Å². The second kappa shape index (κ2) is 5.55. The molecule has 0 N–H and O–H groups in total. The first kappa shape index (κ1) is 15.1. The van der Waals surface area contributed by atoms with Crippen molar-refractivity contribution in [3.63, 3.8) is 0 Å². The first-order valence-electron chi connectivity index (χ1n) is 7.63. The summed E-state index contributed by atoms with van der Waals surface area (Å²) in [6.45, 7) is 1.45. The Labute approximate surface area is 142 Å². The van der Waals surface area contributed by atoms with Crippen LogP contribution in [0.3, 0.4) is 0 Å². The first-order chi connectivity index (χ1) is 12.1. The van der Waals surface area contributed by atoms with Gasteiger partial charge in [-0.25, -0.2) is 14.7 Å². The van der Waals surface area contributed by atoms with Crippen molar-refractivity contribution in [2.45, 2.75) is 6.92 Å². The molecule has 2 aromatic heterocycles. The number of pyridine rings is 1. The van der Waals surface area contributed by atoms with Gasteiger partial charge in [0.25, 0.3) is 11.8 Å². The van der Waals surface area contributed by atoms with Gasteiger partial charge in [-0.3, -0.25) is 9.59 Å². The van der Waals surface area contributed by atoms with Gasteiger partial charge in [-0.05, 0) is 31.2 Å². The van der Waals surface area contributed by atoms with Gasteiger partial charge in [-0.2, -0.15) is 0 Å². The van der Waals surface area contributed by atoms with Gasteiger partial charge in [0.15, 0.2) is 12.4 Å². The molecule has 7 nitrogen and oxygen atoms in total. The molecule has 0 fully saturated rings. The van der Waals surface area contributed by atoms with Crippen molar-refractivity contribution < 1.29 is 19.1 Å². The SMILES string of the molecule is Cc1cccc2nc(C(=O)OCN3C(=O)c4ccccc4C3=O)cn12. The van der Waals surface area contributed by atoms with E-state index in [4.69, 9.17) is 4.74 Å². The van der Waals surface area contributed by atoms with E-state index in [1.165, 1.54) is 0 Å². The van der Waals surface area contributed by atoms with Crippen LogP contribution in [0, 0.1) is 6.92 Å². The number of esters is 1. The Balaban J connectivity index is 1.51. The van der Waals surface area contributed by atoms with Gasteiger partial charge >= 0.3 is 5.97 Å². The molecule has 3 aromatic rings. The highest BCUT2D eigenvalue weighted by Gasteiger charge is 2.35. The Hall–Kier alpha value is -3.48. The molecule has 4 rings (SSSR count). The molecule has 1 aromatic carbocycles. The minimum atomic E-state index is -0.695. The van der Waals surface area contributed by atoms with Crippen molar-refractivity contribution in [3.05, 3.63) is 71.2 Å². The molecule has 0 bridgehead atoms. The number of fused-ring (bicyclic) bond motifs is 2. The number of aryl methyl sites for hydroxylation is 1. The number of ether oxygens (including phenoxy) is 1. The van der Waals surface area contributed by atoms with Crippen LogP contribution in [0.5, 0.6) is 0 Å². The van der Waals surface area contributed by atoms with E-state index in [0.717, 1.165) is 10.6 Å². The molecule has 0 spiro atoms. The highest BCUT2D eigenvalue weighted by molar-refractivity contribution is 6.21. The number of hydrogen-bond donors (Lipinski definition) is 0. The number of aromatic nitrogens is 2. The van der Waals surface area contributed by atoms with Crippen LogP contribution in [-0.2, 0) is 4.74 Å². The molecule has 0 radical (unpaired) electrons. The number of carbonyl (C=O) groups is 3. The zero-order valence-corrected chi connectivity index (χ0v) is 13.3. The number of imide groups is 1. The van der Waals surface area contributed by atoms with E-state index < -0.39 is 24.5 Å². The first-order valence-corrected chi connectivity index (χ1v) is 7.63. The van der Waals surface area contributed by atoms with Crippen molar-refractivity contribution in [3.8, 4) is 0 Å². The summed E-state index contributed by atoms with van der Waals surface area (Å²) in [7, 11) is 0. The largest absolute Gasteiger partial charge is 0.439 e. The summed E-state index contributed by atoms with van der Waals surface area (Å²) in [5, 5.41) is 0. The highest BCUT2D eigenvalue weighted by Crippen LogP contribution is 2.22. The van der Waals surface area contributed by atoms with E-state index in [1.807, 2.05) is 19.1 Å². The molecule has 0 saturated carbocycles. The minimum Gasteiger partial charge on any atom is -0.439 e. The van der Waals surface area contributed by atoms with Crippen LogP contribution in [0.2, 0.25) is 0 Å². The van der Waals surface area contributed by atoms with Gasteiger partial charge in [0.2, 0.25) is 0 Å². The second-order valence-corrected chi connectivity index (χ2v) is 5.67. The molecule has 7 heteroatoms. The molecular weight excluding hydrogens is 322 g/mol. The lowest BCUT2D eigenvalue weighted by molar-refractivity contribution is 0.0224. The maximum atomic E-state index is 12.2. The lowest BCUT2D eigenvalue weighted by atomic mass is 10.1. The molecule has 0 aliphatic carbocycles. The molecule has 25 heavy (non-hydrogen) atoms. The number of carbonyl (C=O) groups excluding carboxylic acids is 3. The predicted octanol–water partition coefficient (Wildman–Crippen LogP) is 2.05. The van der Waals surface area contributed by atoms with Gasteiger partial charge in [0, 0.05) is 11.9 Å². The molecule has 0 saturated heterocycles. The quantitative estimate of drug-likeness (QED) is 0.540. The van der Waals surface area contributed by atoms with Gasteiger partial charge in [0.1, 0.15) is 5.65 Å². The standard InChI is InChI=1S/C18H13N3O4/c1-11-5-4-8-15-19-14(9-20(11)15)18(24)25-10-21-16(22)12-6-2-3-7-13(12)17(21)23/h2-9H,10H2,1H3. The van der Waals surface area contributed by atoms with Crippen molar-refractivity contribution in [1.29, 1.82) is 0 Å². The lowest BCUT2D eigenvalue weighted by Crippen LogP contribution is -2.33.